The lowest BCUT2D eigenvalue weighted by Gasteiger charge is -2.48. The molecular weight excluding hydrogens is 857 g/mol. The van der Waals surface area contributed by atoms with Crippen LogP contribution in [0.2, 0.25) is 0 Å². The largest absolute Gasteiger partial charge is 0.508 e. The molecule has 16 nitrogen and oxygen atoms in total. The molecule has 4 fully saturated rings. The summed E-state index contributed by atoms with van der Waals surface area (Å²) in [7, 11) is 0. The molecule has 348 valence electrons. The van der Waals surface area contributed by atoms with Crippen LogP contribution in [0, 0.1) is 5.41 Å². The number of anilines is 2. The van der Waals surface area contributed by atoms with E-state index in [0.29, 0.717) is 88.8 Å². The number of piperidine rings is 3. The number of hydrogen-bond donors (Lipinski definition) is 4. The zero-order chi connectivity index (χ0) is 45.7. The Balaban J connectivity index is 0.702. The van der Waals surface area contributed by atoms with Crippen molar-refractivity contribution in [1.29, 1.82) is 0 Å². The Bertz CT molecular complexity index is 2610. The van der Waals surface area contributed by atoms with E-state index < -0.39 is 5.60 Å². The van der Waals surface area contributed by atoms with E-state index in [1.165, 1.54) is 11.6 Å². The number of thiophene rings is 1. The van der Waals surface area contributed by atoms with Crippen molar-refractivity contribution < 1.29 is 29.6 Å². The molecule has 5 aliphatic heterocycles. The second kappa shape index (κ2) is 18.0. The predicted octanol–water partition coefficient (Wildman–Crippen LogP) is 5.49. The molecule has 2 aromatic carbocycles. The van der Waals surface area contributed by atoms with Crippen molar-refractivity contribution >= 4 is 45.1 Å². The molecule has 0 unspecified atom stereocenters. The van der Waals surface area contributed by atoms with Crippen LogP contribution in [0.1, 0.15) is 95.8 Å². The van der Waals surface area contributed by atoms with Crippen molar-refractivity contribution in [1.82, 2.24) is 39.5 Å². The molecule has 3 aromatic heterocycles. The third-order valence-electron chi connectivity index (χ3n) is 14.8. The standard InChI is InChI=1S/C49H60N10O6S/c1-31(2)37-23-38(41(61)24-40(37)60)45(62)59-28-33-4-3-32(21-34(33)29-59)27-55-11-5-48(6-12-55)7-15-58(16-8-48)46(63)49(64)9-13-56(14-10-49)30-36-22-39-42(66-36)44(57-17-19-65-20-18-57)54-43(53-39)35-25-51-47(50)52-26-35/h3-4,21-26,31,60-61,64H,5-20,27-30H2,1-2H3,(H2,50,51,52). The average molecular weight is 917 g/mol. The lowest BCUT2D eigenvalue weighted by molar-refractivity contribution is -0.159. The van der Waals surface area contributed by atoms with Crippen LogP contribution in [-0.2, 0) is 35.7 Å². The highest BCUT2D eigenvalue weighted by molar-refractivity contribution is 7.19. The normalized spacial score (nSPS) is 20.1. The summed E-state index contributed by atoms with van der Waals surface area (Å²) in [5, 5.41) is 32.6. The Hall–Kier alpha value is -5.46. The number of nitrogens with two attached hydrogens (primary N) is 1. The first-order valence-electron chi connectivity index (χ1n) is 23.5. The van der Waals surface area contributed by atoms with Crippen LogP contribution in [0.5, 0.6) is 11.5 Å². The van der Waals surface area contributed by atoms with E-state index in [-0.39, 0.29) is 46.2 Å². The van der Waals surface area contributed by atoms with Crippen molar-refractivity contribution in [3.8, 4) is 22.9 Å². The van der Waals surface area contributed by atoms with E-state index >= 15 is 0 Å². The molecule has 4 saturated heterocycles. The molecule has 0 aliphatic carbocycles. The molecule has 0 radical (unpaired) electrons. The molecule has 0 bridgehead atoms. The molecule has 1 spiro atoms. The minimum absolute atomic E-state index is 0.000480. The van der Waals surface area contributed by atoms with Gasteiger partial charge < -0.3 is 40.5 Å². The first-order valence-corrected chi connectivity index (χ1v) is 24.3. The maximum atomic E-state index is 14.0. The summed E-state index contributed by atoms with van der Waals surface area (Å²) in [5.74, 6) is 1.10. The van der Waals surface area contributed by atoms with Gasteiger partial charge in [-0.1, -0.05) is 32.0 Å². The van der Waals surface area contributed by atoms with Crippen LogP contribution in [-0.4, -0.2) is 138 Å². The first kappa shape index (κ1) is 44.4. The SMILES string of the molecule is CC(C)c1cc(C(=O)N2Cc3ccc(CN4CCC5(CC4)CCN(C(=O)C4(O)CCN(Cc6cc7nc(-c8cnc(N)nc8)nc(N8CCOCC8)c7s6)CC4)CC5)cc3C2)c(O)cc1O. The lowest BCUT2D eigenvalue weighted by atomic mass is 9.71. The van der Waals surface area contributed by atoms with Gasteiger partial charge in [-0.25, -0.2) is 19.9 Å². The molecule has 5 aromatic rings. The zero-order valence-electron chi connectivity index (χ0n) is 37.9. The highest BCUT2D eigenvalue weighted by Crippen LogP contribution is 2.43. The van der Waals surface area contributed by atoms with Crippen LogP contribution in [0.4, 0.5) is 11.8 Å². The lowest BCUT2D eigenvalue weighted by Crippen LogP contribution is -2.57. The van der Waals surface area contributed by atoms with Gasteiger partial charge in [0.15, 0.2) is 11.6 Å². The second-order valence-corrected chi connectivity index (χ2v) is 20.6. The number of rotatable bonds is 9. The molecule has 0 atom stereocenters. The number of carbonyl (C=O) groups excluding carboxylic acids is 2. The van der Waals surface area contributed by atoms with Gasteiger partial charge in [-0.15, -0.1) is 11.3 Å². The second-order valence-electron chi connectivity index (χ2n) is 19.5. The molecule has 5 aliphatic rings. The summed E-state index contributed by atoms with van der Waals surface area (Å²) in [5.41, 5.74) is 10.5. The summed E-state index contributed by atoms with van der Waals surface area (Å²) in [6.07, 6.45) is 8.21. The Morgan fingerprint density at radius 2 is 1.45 bits per heavy atom. The summed E-state index contributed by atoms with van der Waals surface area (Å²) in [6, 6.07) is 11.5. The van der Waals surface area contributed by atoms with E-state index in [1.54, 1.807) is 34.7 Å². The van der Waals surface area contributed by atoms with Gasteiger partial charge in [0.1, 0.15) is 17.1 Å². The van der Waals surface area contributed by atoms with Crippen LogP contribution in [0.25, 0.3) is 21.6 Å². The smallest absolute Gasteiger partial charge is 0.258 e. The summed E-state index contributed by atoms with van der Waals surface area (Å²) in [4.78, 5) is 57.7. The third-order valence-corrected chi connectivity index (χ3v) is 15.9. The zero-order valence-corrected chi connectivity index (χ0v) is 38.7. The monoisotopic (exact) mass is 916 g/mol. The van der Waals surface area contributed by atoms with Crippen molar-refractivity contribution in [2.45, 2.75) is 90.1 Å². The van der Waals surface area contributed by atoms with Crippen molar-refractivity contribution in [3.05, 3.63) is 81.5 Å². The van der Waals surface area contributed by atoms with Gasteiger partial charge in [0.25, 0.3) is 11.8 Å². The maximum Gasteiger partial charge on any atom is 0.258 e. The van der Waals surface area contributed by atoms with Crippen molar-refractivity contribution in [3.63, 3.8) is 0 Å². The number of nitrogens with zero attached hydrogens (tertiary/aromatic N) is 9. The molecular formula is C49H60N10O6S. The molecule has 17 heteroatoms. The van der Waals surface area contributed by atoms with Gasteiger partial charge >= 0.3 is 0 Å². The molecule has 5 N–H and O–H groups in total. The fourth-order valence-corrected chi connectivity index (χ4v) is 11.8. The minimum Gasteiger partial charge on any atom is -0.508 e. The topological polar surface area (TPSA) is 198 Å². The fraction of sp³-hybridized carbons (Fsp3) is 0.510. The van der Waals surface area contributed by atoms with Crippen molar-refractivity contribution in [2.75, 3.05) is 76.2 Å². The number of hydrogen-bond acceptors (Lipinski definition) is 15. The number of aliphatic hydroxyl groups is 1. The molecule has 0 saturated carbocycles. The number of aromatic hydroxyl groups is 2. The minimum atomic E-state index is -1.35. The Kier molecular flexibility index (Phi) is 12.1. The molecule has 2 amide bonds. The van der Waals surface area contributed by atoms with Gasteiger partial charge in [0.05, 0.1) is 34.6 Å². The van der Waals surface area contributed by atoms with E-state index in [2.05, 4.69) is 48.9 Å². The number of phenols is 2. The van der Waals surface area contributed by atoms with E-state index in [4.69, 9.17) is 20.4 Å². The van der Waals surface area contributed by atoms with Crippen molar-refractivity contribution in [2.24, 2.45) is 5.41 Å². The number of ether oxygens (including phenoxy) is 1. The number of nitrogen functional groups attached to an aromatic ring is 1. The Morgan fingerprint density at radius 1 is 0.788 bits per heavy atom. The number of carbonyl (C=O) groups is 2. The van der Waals surface area contributed by atoms with Gasteiger partial charge in [-0.3, -0.25) is 19.4 Å². The Labute approximate surface area is 389 Å². The molecule has 8 heterocycles. The van der Waals surface area contributed by atoms with Crippen LogP contribution in [0.3, 0.4) is 0 Å². The fourth-order valence-electron chi connectivity index (χ4n) is 10.6. The van der Waals surface area contributed by atoms with Gasteiger partial charge in [-0.2, -0.15) is 0 Å². The number of aromatic nitrogens is 4. The quantitative estimate of drug-likeness (QED) is 0.145. The van der Waals surface area contributed by atoms with Crippen LogP contribution < -0.4 is 10.6 Å². The summed E-state index contributed by atoms with van der Waals surface area (Å²) < 4.78 is 6.66. The van der Waals surface area contributed by atoms with E-state index in [0.717, 1.165) is 90.4 Å². The predicted molar refractivity (Wildman–Crippen MR) is 252 cm³/mol. The number of morpholine rings is 1. The van der Waals surface area contributed by atoms with Gasteiger partial charge in [0, 0.05) is 88.8 Å². The average Bonchev–Trinajstić information content (AvgIpc) is 3.94. The third kappa shape index (κ3) is 8.90. The number of likely N-dealkylation sites (tertiary alicyclic amines) is 3. The highest BCUT2D eigenvalue weighted by Gasteiger charge is 2.45. The first-order chi connectivity index (χ1) is 31.8. The Morgan fingerprint density at radius 3 is 2.17 bits per heavy atom. The van der Waals surface area contributed by atoms with E-state index in [9.17, 15) is 24.9 Å². The molecule has 66 heavy (non-hydrogen) atoms. The summed E-state index contributed by atoms with van der Waals surface area (Å²) in [6.45, 7) is 13.8. The van der Waals surface area contributed by atoms with Crippen LogP contribution in [0.15, 0.2) is 48.8 Å². The number of benzene rings is 2. The highest BCUT2D eigenvalue weighted by atomic mass is 32.1. The maximum absolute atomic E-state index is 14.0. The number of amides is 2. The van der Waals surface area contributed by atoms with Crippen LogP contribution >= 0.6 is 11.3 Å². The summed E-state index contributed by atoms with van der Waals surface area (Å²) >= 11 is 1.70. The van der Waals surface area contributed by atoms with Gasteiger partial charge in [-0.05, 0) is 97.3 Å². The number of fused-ring (bicyclic) bond motifs is 2. The molecule has 10 rings (SSSR count). The van der Waals surface area contributed by atoms with E-state index in [1.807, 2.05) is 18.7 Å². The van der Waals surface area contributed by atoms with Gasteiger partial charge in [0.2, 0.25) is 5.95 Å². The number of phenolic OH excluding ortho intramolecular Hbond substituents is 2.